The van der Waals surface area contributed by atoms with E-state index >= 15 is 0 Å². The fourth-order valence-electron chi connectivity index (χ4n) is 2.63. The predicted molar refractivity (Wildman–Crippen MR) is 67.4 cm³/mol. The predicted octanol–water partition coefficient (Wildman–Crippen LogP) is 1.92. The van der Waals surface area contributed by atoms with E-state index in [2.05, 4.69) is 4.90 Å². The van der Waals surface area contributed by atoms with E-state index in [1.54, 1.807) is 0 Å². The summed E-state index contributed by atoms with van der Waals surface area (Å²) in [6.45, 7) is 8.18. The monoisotopic (exact) mass is 260 g/mol. The van der Waals surface area contributed by atoms with Crippen molar-refractivity contribution in [1.29, 1.82) is 0 Å². The van der Waals surface area contributed by atoms with Gasteiger partial charge in [-0.25, -0.2) is 4.79 Å². The van der Waals surface area contributed by atoms with Crippen LogP contribution in [0.25, 0.3) is 0 Å². The fourth-order valence-corrected chi connectivity index (χ4v) is 2.82. The van der Waals surface area contributed by atoms with Gasteiger partial charge in [0.25, 0.3) is 0 Å². The van der Waals surface area contributed by atoms with E-state index < -0.39 is 5.60 Å². The highest BCUT2D eigenvalue weighted by Crippen LogP contribution is 2.32. The SMILES string of the molecule is CC(C)(C)OC(=O)N1CC2CC(C1)N2CCCl. The zero-order chi connectivity index (χ0) is 12.6. The molecule has 3 aliphatic heterocycles. The minimum Gasteiger partial charge on any atom is -0.444 e. The summed E-state index contributed by atoms with van der Waals surface area (Å²) < 4.78 is 5.38. The molecule has 0 saturated carbocycles. The summed E-state index contributed by atoms with van der Waals surface area (Å²) >= 11 is 5.76. The molecule has 17 heavy (non-hydrogen) atoms. The third-order valence-electron chi connectivity index (χ3n) is 3.34. The van der Waals surface area contributed by atoms with Crippen LogP contribution in [-0.2, 0) is 4.74 Å². The van der Waals surface area contributed by atoms with Crippen LogP contribution in [0.1, 0.15) is 27.2 Å². The second-order valence-electron chi connectivity index (χ2n) is 5.86. The van der Waals surface area contributed by atoms with Gasteiger partial charge >= 0.3 is 6.09 Å². The van der Waals surface area contributed by atoms with Crippen molar-refractivity contribution < 1.29 is 9.53 Å². The number of piperazine rings is 1. The van der Waals surface area contributed by atoms with Crippen molar-refractivity contribution >= 4 is 17.7 Å². The van der Waals surface area contributed by atoms with Gasteiger partial charge < -0.3 is 9.64 Å². The number of piperidine rings is 1. The normalized spacial score (nSPS) is 28.8. The lowest BCUT2D eigenvalue weighted by atomic mass is 9.88. The molecule has 5 heteroatoms. The first-order chi connectivity index (χ1) is 7.90. The van der Waals surface area contributed by atoms with E-state index in [1.807, 2.05) is 25.7 Å². The lowest BCUT2D eigenvalue weighted by Crippen LogP contribution is -2.69. The number of ether oxygens (including phenoxy) is 1. The molecule has 2 unspecified atom stereocenters. The van der Waals surface area contributed by atoms with E-state index in [0.717, 1.165) is 19.6 Å². The van der Waals surface area contributed by atoms with Crippen LogP contribution in [0, 0.1) is 0 Å². The second-order valence-corrected chi connectivity index (χ2v) is 6.23. The smallest absolute Gasteiger partial charge is 0.410 e. The highest BCUT2D eigenvalue weighted by Gasteiger charge is 2.46. The lowest BCUT2D eigenvalue weighted by Gasteiger charge is -2.56. The van der Waals surface area contributed by atoms with E-state index in [9.17, 15) is 4.79 Å². The molecule has 1 amide bonds. The number of hydrogen-bond donors (Lipinski definition) is 0. The number of carbonyl (C=O) groups excluding carboxylic acids is 1. The molecule has 4 nitrogen and oxygen atoms in total. The summed E-state index contributed by atoms with van der Waals surface area (Å²) in [5.74, 6) is 0.666. The molecule has 0 N–H and O–H groups in total. The molecule has 0 spiro atoms. The average Bonchev–Trinajstić information content (AvgIpc) is 2.23. The Labute approximate surface area is 108 Å². The number of alkyl halides is 1. The van der Waals surface area contributed by atoms with Gasteiger partial charge in [-0.05, 0) is 27.2 Å². The van der Waals surface area contributed by atoms with Crippen molar-refractivity contribution in [3.05, 3.63) is 0 Å². The van der Waals surface area contributed by atoms with Gasteiger partial charge in [0.05, 0.1) is 0 Å². The summed E-state index contributed by atoms with van der Waals surface area (Å²) in [7, 11) is 0. The van der Waals surface area contributed by atoms with Crippen LogP contribution in [0.5, 0.6) is 0 Å². The first kappa shape index (κ1) is 13.0. The van der Waals surface area contributed by atoms with Crippen molar-refractivity contribution in [2.75, 3.05) is 25.5 Å². The van der Waals surface area contributed by atoms with Crippen LogP contribution in [-0.4, -0.2) is 59.1 Å². The van der Waals surface area contributed by atoms with Gasteiger partial charge in [0.2, 0.25) is 0 Å². The number of rotatable bonds is 2. The Morgan fingerprint density at radius 3 is 2.41 bits per heavy atom. The summed E-state index contributed by atoms with van der Waals surface area (Å²) in [4.78, 5) is 16.1. The number of amides is 1. The molecule has 3 aliphatic rings. The zero-order valence-electron chi connectivity index (χ0n) is 10.8. The Bertz CT molecular complexity index is 291. The number of fused-ring (bicyclic) bond motifs is 2. The number of nitrogens with zero attached hydrogens (tertiary/aromatic N) is 2. The molecule has 0 radical (unpaired) electrons. The van der Waals surface area contributed by atoms with Crippen molar-refractivity contribution in [1.82, 2.24) is 9.80 Å². The van der Waals surface area contributed by atoms with Crippen molar-refractivity contribution in [2.24, 2.45) is 0 Å². The minimum absolute atomic E-state index is 0.183. The molecular weight excluding hydrogens is 240 g/mol. The van der Waals surface area contributed by atoms with E-state index in [0.29, 0.717) is 18.0 Å². The van der Waals surface area contributed by atoms with Gasteiger partial charge in [-0.2, -0.15) is 0 Å². The molecule has 0 aromatic carbocycles. The van der Waals surface area contributed by atoms with Crippen molar-refractivity contribution in [3.63, 3.8) is 0 Å². The fraction of sp³-hybridized carbons (Fsp3) is 0.917. The highest BCUT2D eigenvalue weighted by molar-refractivity contribution is 6.18. The molecule has 3 saturated heterocycles. The topological polar surface area (TPSA) is 32.8 Å². The maximum absolute atomic E-state index is 11.9. The third-order valence-corrected chi connectivity index (χ3v) is 3.51. The number of carbonyl (C=O) groups is 1. The molecular formula is C12H21ClN2O2. The maximum atomic E-state index is 11.9. The number of halogens is 1. The Hall–Kier alpha value is -0.480. The Morgan fingerprint density at radius 2 is 1.94 bits per heavy atom. The zero-order valence-corrected chi connectivity index (χ0v) is 11.5. The van der Waals surface area contributed by atoms with Gasteiger partial charge in [-0.15, -0.1) is 11.6 Å². The quantitative estimate of drug-likeness (QED) is 0.711. The Kier molecular flexibility index (Phi) is 3.55. The summed E-state index contributed by atoms with van der Waals surface area (Å²) in [5, 5.41) is 0. The molecule has 3 fully saturated rings. The van der Waals surface area contributed by atoms with Gasteiger partial charge in [-0.1, -0.05) is 0 Å². The molecule has 0 aromatic heterocycles. The van der Waals surface area contributed by atoms with Crippen LogP contribution in [0.15, 0.2) is 0 Å². The average molecular weight is 261 g/mol. The third kappa shape index (κ3) is 2.86. The molecule has 0 aromatic rings. The lowest BCUT2D eigenvalue weighted by molar-refractivity contribution is -0.0698. The molecule has 2 atom stereocenters. The van der Waals surface area contributed by atoms with Crippen LogP contribution in [0.3, 0.4) is 0 Å². The van der Waals surface area contributed by atoms with E-state index in [1.165, 1.54) is 6.42 Å². The Balaban J connectivity index is 1.85. The first-order valence-corrected chi connectivity index (χ1v) is 6.74. The van der Waals surface area contributed by atoms with Crippen LogP contribution in [0.4, 0.5) is 4.79 Å². The molecule has 3 heterocycles. The Morgan fingerprint density at radius 1 is 1.35 bits per heavy atom. The standard InChI is InChI=1S/C12H21ClN2O2/c1-12(2,3)17-11(16)14-7-9-6-10(8-14)15(9)5-4-13/h9-10H,4-8H2,1-3H3. The van der Waals surface area contributed by atoms with Gasteiger partial charge in [0, 0.05) is 37.6 Å². The molecule has 2 bridgehead atoms. The highest BCUT2D eigenvalue weighted by atomic mass is 35.5. The van der Waals surface area contributed by atoms with Crippen LogP contribution >= 0.6 is 11.6 Å². The van der Waals surface area contributed by atoms with Gasteiger partial charge in [0.1, 0.15) is 5.60 Å². The molecule has 3 rings (SSSR count). The minimum atomic E-state index is -0.408. The van der Waals surface area contributed by atoms with Crippen molar-refractivity contribution in [2.45, 2.75) is 44.9 Å². The molecule has 0 aliphatic carbocycles. The van der Waals surface area contributed by atoms with Crippen molar-refractivity contribution in [3.8, 4) is 0 Å². The second kappa shape index (κ2) is 4.65. The largest absolute Gasteiger partial charge is 0.444 e. The number of hydrogen-bond acceptors (Lipinski definition) is 3. The van der Waals surface area contributed by atoms with E-state index in [4.69, 9.17) is 16.3 Å². The van der Waals surface area contributed by atoms with Gasteiger partial charge in [-0.3, -0.25) is 4.90 Å². The summed E-state index contributed by atoms with van der Waals surface area (Å²) in [6, 6.07) is 0.972. The maximum Gasteiger partial charge on any atom is 0.410 e. The summed E-state index contributed by atoms with van der Waals surface area (Å²) in [6.07, 6.45) is 1.01. The van der Waals surface area contributed by atoms with Crippen LogP contribution < -0.4 is 0 Å². The van der Waals surface area contributed by atoms with Crippen LogP contribution in [0.2, 0.25) is 0 Å². The molecule has 98 valence electrons. The first-order valence-electron chi connectivity index (χ1n) is 6.20. The van der Waals surface area contributed by atoms with Gasteiger partial charge in [0.15, 0.2) is 0 Å². The summed E-state index contributed by atoms with van der Waals surface area (Å²) in [5.41, 5.74) is -0.408. The van der Waals surface area contributed by atoms with E-state index in [-0.39, 0.29) is 6.09 Å².